The van der Waals surface area contributed by atoms with Gasteiger partial charge in [-0.2, -0.15) is 0 Å². The van der Waals surface area contributed by atoms with Crippen LogP contribution in [0.2, 0.25) is 5.02 Å². The first-order valence-corrected chi connectivity index (χ1v) is 12.0. The lowest BCUT2D eigenvalue weighted by Gasteiger charge is -2.34. The summed E-state index contributed by atoms with van der Waals surface area (Å²) in [5, 5.41) is 1.17. The molecule has 7 nitrogen and oxygen atoms in total. The maximum atomic E-state index is 13.7. The van der Waals surface area contributed by atoms with Crippen LogP contribution < -0.4 is 10.5 Å². The van der Waals surface area contributed by atoms with Gasteiger partial charge in [-0.05, 0) is 44.4 Å². The average molecular weight is 467 g/mol. The summed E-state index contributed by atoms with van der Waals surface area (Å²) in [7, 11) is 4.30. The van der Waals surface area contributed by atoms with Crippen molar-refractivity contribution in [3.63, 3.8) is 0 Å². The lowest BCUT2D eigenvalue weighted by molar-refractivity contribution is 0.144. The molecule has 5 rings (SSSR count). The van der Waals surface area contributed by atoms with Crippen molar-refractivity contribution < 1.29 is 0 Å². The Labute approximate surface area is 199 Å². The van der Waals surface area contributed by atoms with Crippen LogP contribution in [-0.2, 0) is 6.54 Å². The number of likely N-dealkylation sites (N-methyl/N-ethyl adjacent to an activating group) is 2. The topological polar surface area (TPSA) is 47.9 Å². The van der Waals surface area contributed by atoms with Crippen LogP contribution in [0, 0.1) is 0 Å². The van der Waals surface area contributed by atoms with Crippen molar-refractivity contribution in [3.8, 4) is 5.69 Å². The Morgan fingerprint density at radius 1 is 0.879 bits per heavy atom. The van der Waals surface area contributed by atoms with Crippen molar-refractivity contribution in [3.05, 3.63) is 63.7 Å². The summed E-state index contributed by atoms with van der Waals surface area (Å²) in [6.45, 7) is 8.57. The predicted octanol–water partition coefficient (Wildman–Crippen LogP) is 2.54. The Hall–Kier alpha value is -2.45. The Morgan fingerprint density at radius 3 is 2.24 bits per heavy atom. The minimum absolute atomic E-state index is 0.0674. The SMILES string of the molecule is CN1CCN(Cc2nc3cc(N4CCN(C)CC4)ccc3c(=O)n2-c2ccccc2Cl)CC1. The molecule has 3 heterocycles. The molecule has 0 bridgehead atoms. The van der Waals surface area contributed by atoms with Gasteiger partial charge in [0.05, 0.1) is 28.2 Å². The summed E-state index contributed by atoms with van der Waals surface area (Å²) in [6.07, 6.45) is 0. The Balaban J connectivity index is 1.59. The molecule has 2 fully saturated rings. The zero-order chi connectivity index (χ0) is 22.9. The lowest BCUT2D eigenvalue weighted by Crippen LogP contribution is -2.45. The summed E-state index contributed by atoms with van der Waals surface area (Å²) >= 11 is 6.54. The van der Waals surface area contributed by atoms with E-state index in [2.05, 4.69) is 39.8 Å². The zero-order valence-corrected chi connectivity index (χ0v) is 20.1. The summed E-state index contributed by atoms with van der Waals surface area (Å²) in [5.74, 6) is 0.737. The maximum Gasteiger partial charge on any atom is 0.266 e. The maximum absolute atomic E-state index is 13.7. The molecule has 0 saturated carbocycles. The number of anilines is 1. The number of fused-ring (bicyclic) bond motifs is 1. The Bertz CT molecular complexity index is 1200. The molecule has 0 aliphatic carbocycles. The minimum Gasteiger partial charge on any atom is -0.369 e. The number of hydrogen-bond donors (Lipinski definition) is 0. The second-order valence-electron chi connectivity index (χ2n) is 9.19. The third-order valence-electron chi connectivity index (χ3n) is 6.85. The van der Waals surface area contributed by atoms with Crippen LogP contribution in [0.3, 0.4) is 0 Å². The molecule has 0 spiro atoms. The summed E-state index contributed by atoms with van der Waals surface area (Å²) in [5.41, 5.74) is 2.50. The highest BCUT2D eigenvalue weighted by Gasteiger charge is 2.21. The van der Waals surface area contributed by atoms with Crippen LogP contribution in [0.5, 0.6) is 0 Å². The standard InChI is InChI=1S/C25H31ClN6O/c1-28-9-13-30(14-10-28)18-24-27-22-17-19(31-15-11-29(2)12-16-31)7-8-20(22)25(33)32(24)23-6-4-3-5-21(23)26/h3-8,17H,9-16,18H2,1-2H3. The van der Waals surface area contributed by atoms with Crippen LogP contribution in [-0.4, -0.2) is 90.7 Å². The monoisotopic (exact) mass is 466 g/mol. The van der Waals surface area contributed by atoms with Crippen LogP contribution in [0.25, 0.3) is 16.6 Å². The molecule has 2 aromatic carbocycles. The number of hydrogen-bond acceptors (Lipinski definition) is 6. The molecule has 1 aromatic heterocycles. The molecule has 0 radical (unpaired) electrons. The first-order valence-electron chi connectivity index (χ1n) is 11.6. The molecule has 2 aliphatic rings. The third kappa shape index (κ3) is 4.64. The molecule has 0 atom stereocenters. The molecule has 0 unspecified atom stereocenters. The molecule has 33 heavy (non-hydrogen) atoms. The number of para-hydroxylation sites is 1. The van der Waals surface area contributed by atoms with Crippen molar-refractivity contribution in [2.24, 2.45) is 0 Å². The number of aromatic nitrogens is 2. The molecule has 3 aromatic rings. The summed E-state index contributed by atoms with van der Waals surface area (Å²) in [4.78, 5) is 28.2. The molecule has 174 valence electrons. The Morgan fingerprint density at radius 2 is 1.55 bits per heavy atom. The molecule has 8 heteroatoms. The highest BCUT2D eigenvalue weighted by molar-refractivity contribution is 6.32. The van der Waals surface area contributed by atoms with Crippen LogP contribution in [0.1, 0.15) is 5.82 Å². The molecule has 0 amide bonds. The van der Waals surface area contributed by atoms with Crippen molar-refractivity contribution in [2.45, 2.75) is 6.54 Å². The van der Waals surface area contributed by atoms with Gasteiger partial charge in [0.2, 0.25) is 0 Å². The largest absolute Gasteiger partial charge is 0.369 e. The molecular weight excluding hydrogens is 436 g/mol. The lowest BCUT2D eigenvalue weighted by atomic mass is 10.1. The fourth-order valence-electron chi connectivity index (χ4n) is 4.67. The van der Waals surface area contributed by atoms with E-state index >= 15 is 0 Å². The normalized spacial score (nSPS) is 18.8. The Kier molecular flexibility index (Phi) is 6.38. The fraction of sp³-hybridized carbons (Fsp3) is 0.440. The number of piperazine rings is 2. The smallest absolute Gasteiger partial charge is 0.266 e. The zero-order valence-electron chi connectivity index (χ0n) is 19.4. The van der Waals surface area contributed by atoms with Gasteiger partial charge in [-0.3, -0.25) is 14.3 Å². The third-order valence-corrected chi connectivity index (χ3v) is 7.16. The molecule has 2 saturated heterocycles. The average Bonchev–Trinajstić information content (AvgIpc) is 2.82. The predicted molar refractivity (Wildman–Crippen MR) is 135 cm³/mol. The minimum atomic E-state index is -0.0674. The van der Waals surface area contributed by atoms with Crippen molar-refractivity contribution >= 4 is 28.2 Å². The first kappa shape index (κ1) is 22.3. The van der Waals surface area contributed by atoms with Gasteiger partial charge in [0.1, 0.15) is 5.82 Å². The van der Waals surface area contributed by atoms with E-state index in [0.717, 1.165) is 69.4 Å². The van der Waals surface area contributed by atoms with Crippen molar-refractivity contribution in [1.82, 2.24) is 24.3 Å². The molecule has 2 aliphatic heterocycles. The van der Waals surface area contributed by atoms with E-state index in [0.29, 0.717) is 22.6 Å². The molecular formula is C25H31ClN6O. The quantitative estimate of drug-likeness (QED) is 0.589. The number of halogens is 1. The van der Waals surface area contributed by atoms with E-state index in [1.807, 2.05) is 36.4 Å². The summed E-state index contributed by atoms with van der Waals surface area (Å²) < 4.78 is 1.71. The number of benzene rings is 2. The van der Waals surface area contributed by atoms with Crippen LogP contribution in [0.4, 0.5) is 5.69 Å². The number of rotatable bonds is 4. The highest BCUT2D eigenvalue weighted by Crippen LogP contribution is 2.24. The van der Waals surface area contributed by atoms with E-state index < -0.39 is 0 Å². The van der Waals surface area contributed by atoms with Crippen molar-refractivity contribution in [1.29, 1.82) is 0 Å². The first-order chi connectivity index (χ1) is 16.0. The van der Waals surface area contributed by atoms with Gasteiger partial charge in [-0.1, -0.05) is 23.7 Å². The van der Waals surface area contributed by atoms with Crippen LogP contribution in [0.15, 0.2) is 47.3 Å². The summed E-state index contributed by atoms with van der Waals surface area (Å²) in [6, 6.07) is 13.6. The van der Waals surface area contributed by atoms with E-state index in [4.69, 9.17) is 16.6 Å². The van der Waals surface area contributed by atoms with Crippen molar-refractivity contribution in [2.75, 3.05) is 71.4 Å². The van der Waals surface area contributed by atoms with Gasteiger partial charge in [-0.25, -0.2) is 4.98 Å². The van der Waals surface area contributed by atoms with E-state index in [-0.39, 0.29) is 5.56 Å². The van der Waals surface area contributed by atoms with Gasteiger partial charge < -0.3 is 14.7 Å². The van der Waals surface area contributed by atoms with E-state index in [1.165, 1.54) is 0 Å². The van der Waals surface area contributed by atoms with Gasteiger partial charge in [-0.15, -0.1) is 0 Å². The second-order valence-corrected chi connectivity index (χ2v) is 9.60. The van der Waals surface area contributed by atoms with Gasteiger partial charge in [0, 0.05) is 58.0 Å². The van der Waals surface area contributed by atoms with E-state index in [1.54, 1.807) is 4.57 Å². The fourth-order valence-corrected chi connectivity index (χ4v) is 4.90. The van der Waals surface area contributed by atoms with Crippen LogP contribution >= 0.6 is 11.6 Å². The number of nitrogens with zero attached hydrogens (tertiary/aromatic N) is 6. The van der Waals surface area contributed by atoms with Gasteiger partial charge in [0.15, 0.2) is 0 Å². The van der Waals surface area contributed by atoms with Gasteiger partial charge in [0.25, 0.3) is 5.56 Å². The van der Waals surface area contributed by atoms with E-state index in [9.17, 15) is 4.79 Å². The molecule has 0 N–H and O–H groups in total. The highest BCUT2D eigenvalue weighted by atomic mass is 35.5. The van der Waals surface area contributed by atoms with Gasteiger partial charge >= 0.3 is 0 Å². The second kappa shape index (κ2) is 9.43.